The Morgan fingerprint density at radius 3 is 2.48 bits per heavy atom. The summed E-state index contributed by atoms with van der Waals surface area (Å²) in [7, 11) is 3.35. The fraction of sp³-hybridized carbons (Fsp3) is 0.240. The zero-order valence-electron chi connectivity index (χ0n) is 18.1. The first kappa shape index (κ1) is 20.6. The molecule has 4 rings (SSSR count). The van der Waals surface area contributed by atoms with Crippen LogP contribution in [0.5, 0.6) is 0 Å². The molecule has 3 aromatic rings. The standard InChI is InChI=1S/C25H26N4O2/c1-17-21(12-13-22(26-17)25(31)28(2)3)24(30)27-20-10-8-18(9-11-20)16-29-15-14-19-6-4-5-7-23(19)29/h4-13H,14-16H2,1-3H3,(H,27,30). The summed E-state index contributed by atoms with van der Waals surface area (Å²) < 4.78 is 0. The minimum atomic E-state index is -0.241. The fourth-order valence-electron chi connectivity index (χ4n) is 3.83. The van der Waals surface area contributed by atoms with Crippen molar-refractivity contribution in [2.75, 3.05) is 30.9 Å². The number of hydrogen-bond acceptors (Lipinski definition) is 4. The Labute approximate surface area is 182 Å². The highest BCUT2D eigenvalue weighted by Gasteiger charge is 2.18. The lowest BCUT2D eigenvalue weighted by Gasteiger charge is -2.19. The maximum atomic E-state index is 12.7. The number of fused-ring (bicyclic) bond motifs is 1. The fourth-order valence-corrected chi connectivity index (χ4v) is 3.83. The molecule has 0 spiro atoms. The van der Waals surface area contributed by atoms with Gasteiger partial charge in [0.2, 0.25) is 0 Å². The Bertz CT molecular complexity index is 1120. The minimum Gasteiger partial charge on any atom is -0.367 e. The topological polar surface area (TPSA) is 65.5 Å². The van der Waals surface area contributed by atoms with Gasteiger partial charge in [-0.25, -0.2) is 4.98 Å². The third-order valence-corrected chi connectivity index (χ3v) is 5.52. The molecular formula is C25H26N4O2. The molecule has 6 nitrogen and oxygen atoms in total. The van der Waals surface area contributed by atoms with Gasteiger partial charge in [0, 0.05) is 38.6 Å². The van der Waals surface area contributed by atoms with Gasteiger partial charge >= 0.3 is 0 Å². The second kappa shape index (κ2) is 8.60. The second-order valence-electron chi connectivity index (χ2n) is 7.98. The molecule has 2 aromatic carbocycles. The van der Waals surface area contributed by atoms with Crippen molar-refractivity contribution < 1.29 is 9.59 Å². The number of pyridine rings is 1. The number of carbonyl (C=O) groups is 2. The average Bonchev–Trinajstić information content (AvgIpc) is 3.17. The molecule has 0 aliphatic carbocycles. The van der Waals surface area contributed by atoms with Gasteiger partial charge in [0.1, 0.15) is 5.69 Å². The molecule has 0 atom stereocenters. The SMILES string of the molecule is Cc1nc(C(=O)N(C)C)ccc1C(=O)Nc1ccc(CN2CCc3ccccc32)cc1. The maximum absolute atomic E-state index is 12.7. The lowest BCUT2D eigenvalue weighted by Crippen LogP contribution is -2.23. The van der Waals surface area contributed by atoms with Crippen molar-refractivity contribution in [3.8, 4) is 0 Å². The quantitative estimate of drug-likeness (QED) is 0.688. The van der Waals surface area contributed by atoms with Gasteiger partial charge in [-0.2, -0.15) is 0 Å². The highest BCUT2D eigenvalue weighted by Crippen LogP contribution is 2.29. The molecule has 158 valence electrons. The van der Waals surface area contributed by atoms with Crippen LogP contribution in [0.3, 0.4) is 0 Å². The van der Waals surface area contributed by atoms with Crippen molar-refractivity contribution >= 4 is 23.2 Å². The number of carbonyl (C=O) groups excluding carboxylic acids is 2. The zero-order chi connectivity index (χ0) is 22.0. The number of nitrogens with one attached hydrogen (secondary N) is 1. The summed E-state index contributed by atoms with van der Waals surface area (Å²) in [5.74, 6) is -0.429. The summed E-state index contributed by atoms with van der Waals surface area (Å²) in [6.07, 6.45) is 1.08. The Kier molecular flexibility index (Phi) is 5.71. The van der Waals surface area contributed by atoms with E-state index in [0.717, 1.165) is 25.2 Å². The molecule has 0 saturated heterocycles. The lowest BCUT2D eigenvalue weighted by molar-refractivity contribution is 0.0821. The van der Waals surface area contributed by atoms with Gasteiger partial charge in [-0.3, -0.25) is 9.59 Å². The third-order valence-electron chi connectivity index (χ3n) is 5.52. The van der Waals surface area contributed by atoms with E-state index in [0.29, 0.717) is 17.0 Å². The van der Waals surface area contributed by atoms with Gasteiger partial charge in [-0.05, 0) is 54.8 Å². The number of nitrogens with zero attached hydrogens (tertiary/aromatic N) is 3. The number of rotatable bonds is 5. The van der Waals surface area contributed by atoms with E-state index >= 15 is 0 Å². The third kappa shape index (κ3) is 4.43. The van der Waals surface area contributed by atoms with Crippen molar-refractivity contribution in [1.82, 2.24) is 9.88 Å². The smallest absolute Gasteiger partial charge is 0.271 e. The van der Waals surface area contributed by atoms with E-state index in [9.17, 15) is 9.59 Å². The first-order valence-electron chi connectivity index (χ1n) is 10.3. The Morgan fingerprint density at radius 1 is 1.03 bits per heavy atom. The number of benzene rings is 2. The van der Waals surface area contributed by atoms with Crippen LogP contribution in [0.2, 0.25) is 0 Å². The van der Waals surface area contributed by atoms with Crippen molar-refractivity contribution in [2.45, 2.75) is 19.9 Å². The first-order valence-corrected chi connectivity index (χ1v) is 10.3. The van der Waals surface area contributed by atoms with Crippen LogP contribution in [0, 0.1) is 6.92 Å². The monoisotopic (exact) mass is 414 g/mol. The van der Waals surface area contributed by atoms with Crippen LogP contribution in [-0.2, 0) is 13.0 Å². The molecule has 0 saturated carbocycles. The molecule has 1 aromatic heterocycles. The van der Waals surface area contributed by atoms with E-state index in [1.54, 1.807) is 33.2 Å². The summed E-state index contributed by atoms with van der Waals surface area (Å²) in [5.41, 5.74) is 5.92. The number of anilines is 2. The van der Waals surface area contributed by atoms with Gasteiger partial charge in [-0.1, -0.05) is 30.3 Å². The second-order valence-corrected chi connectivity index (χ2v) is 7.98. The largest absolute Gasteiger partial charge is 0.367 e. The van der Waals surface area contributed by atoms with E-state index in [-0.39, 0.29) is 11.8 Å². The van der Waals surface area contributed by atoms with Gasteiger partial charge in [0.15, 0.2) is 0 Å². The van der Waals surface area contributed by atoms with Crippen LogP contribution in [0.4, 0.5) is 11.4 Å². The summed E-state index contributed by atoms with van der Waals surface area (Å²) >= 11 is 0. The molecule has 0 radical (unpaired) electrons. The number of aryl methyl sites for hydroxylation is 1. The predicted molar refractivity (Wildman–Crippen MR) is 123 cm³/mol. The lowest BCUT2D eigenvalue weighted by atomic mass is 10.1. The molecule has 31 heavy (non-hydrogen) atoms. The summed E-state index contributed by atoms with van der Waals surface area (Å²) in [5, 5.41) is 2.92. The predicted octanol–water partition coefficient (Wildman–Crippen LogP) is 3.91. The zero-order valence-corrected chi connectivity index (χ0v) is 18.1. The number of amides is 2. The van der Waals surface area contributed by atoms with Crippen LogP contribution in [-0.4, -0.2) is 42.3 Å². The van der Waals surface area contributed by atoms with Crippen LogP contribution in [0.1, 0.15) is 37.7 Å². The number of hydrogen-bond donors (Lipinski definition) is 1. The van der Waals surface area contributed by atoms with E-state index in [4.69, 9.17) is 0 Å². The average molecular weight is 415 g/mol. The Balaban J connectivity index is 1.41. The van der Waals surface area contributed by atoms with Gasteiger partial charge in [0.05, 0.1) is 11.3 Å². The van der Waals surface area contributed by atoms with Gasteiger partial charge in [-0.15, -0.1) is 0 Å². The normalized spacial score (nSPS) is 12.4. The molecule has 1 aliphatic heterocycles. The van der Waals surface area contributed by atoms with Gasteiger partial charge < -0.3 is 15.1 Å². The molecule has 0 fully saturated rings. The summed E-state index contributed by atoms with van der Waals surface area (Å²) in [6, 6.07) is 19.7. The highest BCUT2D eigenvalue weighted by molar-refractivity contribution is 6.05. The highest BCUT2D eigenvalue weighted by atomic mass is 16.2. The van der Waals surface area contributed by atoms with Gasteiger partial charge in [0.25, 0.3) is 11.8 Å². The summed E-state index contributed by atoms with van der Waals surface area (Å²) in [4.78, 5) is 32.9. The van der Waals surface area contributed by atoms with Crippen molar-refractivity contribution in [3.63, 3.8) is 0 Å². The molecular weight excluding hydrogens is 388 g/mol. The van der Waals surface area contributed by atoms with E-state index in [2.05, 4.69) is 39.5 Å². The van der Waals surface area contributed by atoms with E-state index < -0.39 is 0 Å². The molecule has 0 unspecified atom stereocenters. The van der Waals surface area contributed by atoms with Crippen molar-refractivity contribution in [1.29, 1.82) is 0 Å². The first-order chi connectivity index (χ1) is 14.9. The van der Waals surface area contributed by atoms with Crippen LogP contribution >= 0.6 is 0 Å². The van der Waals surface area contributed by atoms with Crippen LogP contribution in [0.25, 0.3) is 0 Å². The van der Waals surface area contributed by atoms with Crippen LogP contribution < -0.4 is 10.2 Å². The Hall–Kier alpha value is -3.67. The molecule has 2 amide bonds. The molecule has 1 aliphatic rings. The van der Waals surface area contributed by atoms with Crippen LogP contribution in [0.15, 0.2) is 60.7 Å². The summed E-state index contributed by atoms with van der Waals surface area (Å²) in [6.45, 7) is 3.60. The molecule has 0 bridgehead atoms. The van der Waals surface area contributed by atoms with Crippen molar-refractivity contribution in [3.05, 3.63) is 88.7 Å². The number of para-hydroxylation sites is 1. The van der Waals surface area contributed by atoms with E-state index in [1.807, 2.05) is 24.3 Å². The number of aromatic nitrogens is 1. The van der Waals surface area contributed by atoms with Crippen molar-refractivity contribution in [2.24, 2.45) is 0 Å². The molecule has 1 N–H and O–H groups in total. The Morgan fingerprint density at radius 2 is 1.77 bits per heavy atom. The molecule has 6 heteroatoms. The van der Waals surface area contributed by atoms with E-state index in [1.165, 1.54) is 21.7 Å². The maximum Gasteiger partial charge on any atom is 0.271 e. The molecule has 2 heterocycles. The minimum absolute atomic E-state index is 0.189.